The summed E-state index contributed by atoms with van der Waals surface area (Å²) < 4.78 is 34.3. The molecule has 4 heterocycles. The van der Waals surface area contributed by atoms with Crippen molar-refractivity contribution in [3.63, 3.8) is 0 Å². The molecule has 4 aliphatic rings. The van der Waals surface area contributed by atoms with Crippen molar-refractivity contribution in [2.24, 2.45) is 5.92 Å². The Hall–Kier alpha value is -3.91. The molecule has 0 bridgehead atoms. The topological polar surface area (TPSA) is 152 Å². The highest BCUT2D eigenvalue weighted by Crippen LogP contribution is 2.36. The first-order chi connectivity index (χ1) is 22.1. The lowest BCUT2D eigenvalue weighted by Crippen LogP contribution is -2.54. The molecule has 1 aromatic heterocycles. The molecule has 4 N–H and O–H groups in total. The second-order valence-corrected chi connectivity index (χ2v) is 12.8. The number of nitrogens with zero attached hydrogens (tertiary/aromatic N) is 4. The molecule has 46 heavy (non-hydrogen) atoms. The lowest BCUT2D eigenvalue weighted by atomic mass is 9.85. The van der Waals surface area contributed by atoms with Crippen molar-refractivity contribution in [2.75, 3.05) is 30.7 Å². The lowest BCUT2D eigenvalue weighted by Gasteiger charge is -2.37. The van der Waals surface area contributed by atoms with Crippen LogP contribution in [0.2, 0.25) is 0 Å². The molecule has 1 aliphatic carbocycles. The van der Waals surface area contributed by atoms with E-state index in [9.17, 15) is 28.0 Å². The summed E-state index contributed by atoms with van der Waals surface area (Å²) >= 11 is 0. The maximum atomic E-state index is 13.5. The fourth-order valence-electron chi connectivity index (χ4n) is 7.23. The summed E-state index contributed by atoms with van der Waals surface area (Å²) in [5.74, 6) is -1.61. The molecule has 6 rings (SSSR count). The number of aromatic nitrogens is 2. The van der Waals surface area contributed by atoms with Gasteiger partial charge in [0.2, 0.25) is 11.8 Å². The van der Waals surface area contributed by atoms with Crippen LogP contribution in [0.3, 0.4) is 0 Å². The van der Waals surface area contributed by atoms with E-state index in [1.807, 2.05) is 6.92 Å². The zero-order valence-electron chi connectivity index (χ0n) is 25.9. The zero-order valence-corrected chi connectivity index (χ0v) is 25.9. The third-order valence-electron chi connectivity index (χ3n) is 9.75. The summed E-state index contributed by atoms with van der Waals surface area (Å²) in [6, 6.07) is 4.09. The van der Waals surface area contributed by atoms with Gasteiger partial charge in [-0.1, -0.05) is 13.0 Å². The van der Waals surface area contributed by atoms with Gasteiger partial charge in [0.15, 0.2) is 5.69 Å². The van der Waals surface area contributed by atoms with E-state index in [4.69, 9.17) is 10.5 Å². The van der Waals surface area contributed by atoms with Gasteiger partial charge >= 0.3 is 0 Å². The SMILES string of the molecule is CCC(Nc1cccc2c1C(=O)N(C1CCC(=O)NC1=O)C2=O)OC1CCN(CC2CCC(n3cc(N)c(C(F)F)n3)CC2)CC1. The van der Waals surface area contributed by atoms with Crippen molar-refractivity contribution >= 4 is 35.0 Å². The van der Waals surface area contributed by atoms with Gasteiger partial charge in [0, 0.05) is 37.9 Å². The number of fused-ring (bicyclic) bond motifs is 1. The van der Waals surface area contributed by atoms with E-state index in [-0.39, 0.29) is 53.7 Å². The van der Waals surface area contributed by atoms with Gasteiger partial charge in [0.25, 0.3) is 18.2 Å². The van der Waals surface area contributed by atoms with Crippen molar-refractivity contribution in [2.45, 2.75) is 95.6 Å². The third-order valence-corrected chi connectivity index (χ3v) is 9.75. The number of alkyl halides is 2. The van der Waals surface area contributed by atoms with Gasteiger partial charge in [-0.3, -0.25) is 34.1 Å². The van der Waals surface area contributed by atoms with E-state index in [0.29, 0.717) is 18.0 Å². The average Bonchev–Trinajstić information content (AvgIpc) is 3.55. The molecule has 248 valence electrons. The van der Waals surface area contributed by atoms with E-state index in [1.165, 1.54) is 6.20 Å². The van der Waals surface area contributed by atoms with Crippen molar-refractivity contribution in [3.8, 4) is 0 Å². The van der Waals surface area contributed by atoms with Crippen molar-refractivity contribution < 1.29 is 32.7 Å². The number of hydrogen-bond donors (Lipinski definition) is 3. The number of likely N-dealkylation sites (tertiary alicyclic amines) is 1. The number of amides is 4. The van der Waals surface area contributed by atoms with Gasteiger partial charge in [-0.2, -0.15) is 5.10 Å². The Balaban J connectivity index is 0.988. The second-order valence-electron chi connectivity index (χ2n) is 12.8. The minimum atomic E-state index is -2.67. The van der Waals surface area contributed by atoms with Gasteiger partial charge in [-0.15, -0.1) is 0 Å². The first-order valence-corrected chi connectivity index (χ1v) is 16.2. The number of nitrogens with two attached hydrogens (primary N) is 1. The lowest BCUT2D eigenvalue weighted by molar-refractivity contribution is -0.136. The molecular weight excluding hydrogens is 600 g/mol. The predicted octanol–water partition coefficient (Wildman–Crippen LogP) is 3.86. The Morgan fingerprint density at radius 3 is 2.43 bits per heavy atom. The number of benzene rings is 1. The summed E-state index contributed by atoms with van der Waals surface area (Å²) in [6.07, 6.45) is 4.85. The van der Waals surface area contributed by atoms with Crippen LogP contribution in [0.5, 0.6) is 0 Å². The smallest absolute Gasteiger partial charge is 0.284 e. The standard InChI is InChI=1S/C32H41F2N7O5/c1-2-26(36-23-5-3-4-21-27(23)32(45)41(31(21)44)24-10-11-25(42)37-30(24)43)46-20-12-14-39(15-13-20)16-18-6-8-19(9-7-18)40-17-22(35)28(38-40)29(33)34/h3-5,17-20,24,26,29,36H,2,6-16,35H2,1H3,(H,37,42,43). The molecule has 12 nitrogen and oxygen atoms in total. The van der Waals surface area contributed by atoms with Crippen LogP contribution < -0.4 is 16.4 Å². The van der Waals surface area contributed by atoms with E-state index in [2.05, 4.69) is 20.6 Å². The summed E-state index contributed by atoms with van der Waals surface area (Å²) in [5.41, 5.74) is 6.37. The maximum absolute atomic E-state index is 13.5. The van der Waals surface area contributed by atoms with Crippen molar-refractivity contribution in [1.82, 2.24) is 24.9 Å². The van der Waals surface area contributed by atoms with Crippen LogP contribution in [0.1, 0.15) is 104 Å². The van der Waals surface area contributed by atoms with Gasteiger partial charge < -0.3 is 20.7 Å². The number of anilines is 2. The normalized spacial score (nSPS) is 25.2. The molecule has 2 unspecified atom stereocenters. The van der Waals surface area contributed by atoms with E-state index in [0.717, 1.165) is 63.1 Å². The van der Waals surface area contributed by atoms with Gasteiger partial charge in [0.1, 0.15) is 12.3 Å². The Kier molecular flexibility index (Phi) is 9.37. The van der Waals surface area contributed by atoms with Crippen LogP contribution in [0, 0.1) is 5.92 Å². The molecule has 2 atom stereocenters. The number of nitrogen functional groups attached to an aromatic ring is 1. The van der Waals surface area contributed by atoms with Crippen LogP contribution in [0.4, 0.5) is 20.2 Å². The minimum Gasteiger partial charge on any atom is -0.396 e. The summed E-state index contributed by atoms with van der Waals surface area (Å²) in [6.45, 7) is 4.79. The quantitative estimate of drug-likeness (QED) is 0.259. The van der Waals surface area contributed by atoms with Crippen molar-refractivity contribution in [3.05, 3.63) is 41.2 Å². The highest BCUT2D eigenvalue weighted by molar-refractivity contribution is 6.25. The van der Waals surface area contributed by atoms with Crippen LogP contribution >= 0.6 is 0 Å². The number of halogens is 2. The number of piperidine rings is 2. The number of ether oxygens (including phenoxy) is 1. The summed E-state index contributed by atoms with van der Waals surface area (Å²) in [4.78, 5) is 54.1. The van der Waals surface area contributed by atoms with Gasteiger partial charge in [-0.05, 0) is 69.4 Å². The van der Waals surface area contributed by atoms with Crippen LogP contribution in [-0.4, -0.2) is 81.2 Å². The highest BCUT2D eigenvalue weighted by Gasteiger charge is 2.45. The van der Waals surface area contributed by atoms with E-state index < -0.39 is 36.1 Å². The molecular formula is C32H41F2N7O5. The average molecular weight is 642 g/mol. The maximum Gasteiger partial charge on any atom is 0.284 e. The molecule has 14 heteroatoms. The number of imide groups is 2. The number of carbonyl (C=O) groups is 4. The zero-order chi connectivity index (χ0) is 32.5. The largest absolute Gasteiger partial charge is 0.396 e. The summed E-state index contributed by atoms with van der Waals surface area (Å²) in [7, 11) is 0. The first-order valence-electron chi connectivity index (χ1n) is 16.2. The molecule has 1 aromatic carbocycles. The van der Waals surface area contributed by atoms with Gasteiger partial charge in [-0.25, -0.2) is 8.78 Å². The number of hydrogen-bond acceptors (Lipinski definition) is 9. The summed E-state index contributed by atoms with van der Waals surface area (Å²) in [5, 5.41) is 9.60. The predicted molar refractivity (Wildman–Crippen MR) is 164 cm³/mol. The van der Waals surface area contributed by atoms with Crippen LogP contribution in [0.15, 0.2) is 24.4 Å². The van der Waals surface area contributed by atoms with Gasteiger partial charge in [0.05, 0.1) is 29.0 Å². The number of carbonyl (C=O) groups excluding carboxylic acids is 4. The molecule has 1 saturated carbocycles. The van der Waals surface area contributed by atoms with Crippen LogP contribution in [0.25, 0.3) is 0 Å². The Bertz CT molecular complexity index is 1480. The number of rotatable bonds is 10. The van der Waals surface area contributed by atoms with E-state index in [1.54, 1.807) is 22.9 Å². The molecule has 4 amide bonds. The molecule has 0 spiro atoms. The molecule has 3 fully saturated rings. The third kappa shape index (κ3) is 6.50. The van der Waals surface area contributed by atoms with Crippen LogP contribution in [-0.2, 0) is 14.3 Å². The Morgan fingerprint density at radius 1 is 1.04 bits per heavy atom. The Labute approximate surface area is 266 Å². The monoisotopic (exact) mass is 641 g/mol. The first kappa shape index (κ1) is 32.0. The highest BCUT2D eigenvalue weighted by atomic mass is 19.3. The fourth-order valence-corrected chi connectivity index (χ4v) is 7.23. The molecule has 2 aromatic rings. The molecule has 2 saturated heterocycles. The second kappa shape index (κ2) is 13.4. The minimum absolute atomic E-state index is 0.0350. The van der Waals surface area contributed by atoms with Crippen molar-refractivity contribution in [1.29, 1.82) is 0 Å². The number of nitrogens with one attached hydrogen (secondary N) is 2. The Morgan fingerprint density at radius 2 is 1.78 bits per heavy atom. The molecule has 3 aliphatic heterocycles. The fraction of sp³-hybridized carbons (Fsp3) is 0.594. The van der Waals surface area contributed by atoms with E-state index >= 15 is 0 Å². The molecule has 0 radical (unpaired) electrons.